The van der Waals surface area contributed by atoms with Gasteiger partial charge < -0.3 is 10.1 Å². The molecule has 18 heavy (non-hydrogen) atoms. The molecule has 1 aliphatic heterocycles. The van der Waals surface area contributed by atoms with Crippen LogP contribution >= 0.6 is 27.7 Å². The molecule has 0 spiro atoms. The zero-order valence-electron chi connectivity index (χ0n) is 10.7. The van der Waals surface area contributed by atoms with Gasteiger partial charge in [-0.15, -0.1) is 0 Å². The van der Waals surface area contributed by atoms with Gasteiger partial charge in [0.2, 0.25) is 0 Å². The number of hydrogen-bond donors (Lipinski definition) is 1. The Labute approximate surface area is 121 Å². The zero-order valence-corrected chi connectivity index (χ0v) is 13.1. The predicted molar refractivity (Wildman–Crippen MR) is 82.8 cm³/mol. The quantitative estimate of drug-likeness (QED) is 0.910. The highest BCUT2D eigenvalue weighted by Crippen LogP contribution is 2.31. The number of benzene rings is 1. The van der Waals surface area contributed by atoms with E-state index in [9.17, 15) is 0 Å². The molecule has 0 aliphatic carbocycles. The van der Waals surface area contributed by atoms with Gasteiger partial charge in [0.15, 0.2) is 5.17 Å². The number of methoxy groups -OCH3 is 1. The minimum atomic E-state index is 0.413. The molecule has 0 fully saturated rings. The largest absolute Gasteiger partial charge is 0.495 e. The lowest BCUT2D eigenvalue weighted by atomic mass is 10.1. The third kappa shape index (κ3) is 3.20. The molecular weight excluding hydrogens is 312 g/mol. The number of nitrogens with one attached hydrogen (secondary N) is 1. The Bertz CT molecular complexity index is 462. The highest BCUT2D eigenvalue weighted by Gasteiger charge is 2.21. The number of thioether (sulfide) groups is 1. The lowest BCUT2D eigenvalue weighted by molar-refractivity contribution is 0.417. The van der Waals surface area contributed by atoms with Gasteiger partial charge in [0.05, 0.1) is 18.8 Å². The molecule has 0 aromatic heterocycles. The van der Waals surface area contributed by atoms with Crippen molar-refractivity contribution in [1.82, 2.24) is 0 Å². The topological polar surface area (TPSA) is 33.6 Å². The van der Waals surface area contributed by atoms with Crippen molar-refractivity contribution in [2.24, 2.45) is 10.9 Å². The number of hydrogen-bond acceptors (Lipinski definition) is 4. The van der Waals surface area contributed by atoms with Gasteiger partial charge in [-0.05, 0) is 24.1 Å². The van der Waals surface area contributed by atoms with Crippen LogP contribution in [0, 0.1) is 5.92 Å². The van der Waals surface area contributed by atoms with Crippen molar-refractivity contribution in [3.63, 3.8) is 0 Å². The van der Waals surface area contributed by atoms with E-state index < -0.39 is 0 Å². The van der Waals surface area contributed by atoms with E-state index in [4.69, 9.17) is 4.74 Å². The third-order valence-electron chi connectivity index (χ3n) is 2.85. The van der Waals surface area contributed by atoms with Crippen LogP contribution < -0.4 is 10.1 Å². The van der Waals surface area contributed by atoms with E-state index in [0.29, 0.717) is 12.0 Å². The maximum Gasteiger partial charge on any atom is 0.161 e. The summed E-state index contributed by atoms with van der Waals surface area (Å²) in [4.78, 5) is 4.69. The lowest BCUT2D eigenvalue weighted by Gasteiger charge is -2.11. The smallest absolute Gasteiger partial charge is 0.161 e. The molecule has 1 heterocycles. The van der Waals surface area contributed by atoms with E-state index in [1.807, 2.05) is 18.2 Å². The van der Waals surface area contributed by atoms with E-state index in [2.05, 4.69) is 40.1 Å². The maximum absolute atomic E-state index is 5.34. The molecule has 1 aliphatic rings. The van der Waals surface area contributed by atoms with E-state index >= 15 is 0 Å². The molecule has 1 N–H and O–H groups in total. The van der Waals surface area contributed by atoms with Crippen LogP contribution in [0.5, 0.6) is 5.75 Å². The lowest BCUT2D eigenvalue weighted by Crippen LogP contribution is -2.12. The van der Waals surface area contributed by atoms with Gasteiger partial charge in [-0.25, -0.2) is 0 Å². The van der Waals surface area contributed by atoms with Crippen molar-refractivity contribution in [1.29, 1.82) is 0 Å². The van der Waals surface area contributed by atoms with Gasteiger partial charge in [-0.3, -0.25) is 4.99 Å². The fourth-order valence-corrected chi connectivity index (χ4v) is 3.23. The van der Waals surface area contributed by atoms with Crippen LogP contribution in [0.25, 0.3) is 0 Å². The summed E-state index contributed by atoms with van der Waals surface area (Å²) in [6, 6.07) is 6.32. The van der Waals surface area contributed by atoms with E-state index in [0.717, 1.165) is 26.8 Å². The minimum Gasteiger partial charge on any atom is -0.495 e. The average molecular weight is 329 g/mol. The molecule has 98 valence electrons. The van der Waals surface area contributed by atoms with E-state index in [1.165, 1.54) is 0 Å². The van der Waals surface area contributed by atoms with Crippen LogP contribution in [0.4, 0.5) is 5.69 Å². The standard InChI is InChI=1S/C13H17BrN2OS/c1-8(2)11-7-18-13(16-11)15-10-6-9(14)4-5-12(10)17-3/h4-6,8,11H,7H2,1-3H3,(H,15,16). The van der Waals surface area contributed by atoms with Crippen molar-refractivity contribution >= 4 is 38.5 Å². The van der Waals surface area contributed by atoms with Crippen molar-refractivity contribution in [3.8, 4) is 5.75 Å². The van der Waals surface area contributed by atoms with Gasteiger partial charge in [-0.1, -0.05) is 41.5 Å². The van der Waals surface area contributed by atoms with Crippen LogP contribution in [0.3, 0.4) is 0 Å². The van der Waals surface area contributed by atoms with Crippen molar-refractivity contribution < 1.29 is 4.74 Å². The molecule has 5 heteroatoms. The fraction of sp³-hybridized carbons (Fsp3) is 0.462. The summed E-state index contributed by atoms with van der Waals surface area (Å²) >= 11 is 5.23. The molecule has 0 radical (unpaired) electrons. The SMILES string of the molecule is COc1ccc(Br)cc1NC1=NC(C(C)C)CS1. The third-order valence-corrected chi connectivity index (χ3v) is 4.33. The van der Waals surface area contributed by atoms with Crippen LogP contribution in [0.15, 0.2) is 27.7 Å². The molecular formula is C13H17BrN2OS. The summed E-state index contributed by atoms with van der Waals surface area (Å²) in [6.45, 7) is 4.41. The first kappa shape index (κ1) is 13.7. The van der Waals surface area contributed by atoms with Crippen LogP contribution in [-0.2, 0) is 0 Å². The number of aliphatic imine (C=N–C) groups is 1. The Hall–Kier alpha value is -0.680. The second-order valence-electron chi connectivity index (χ2n) is 4.53. The molecule has 3 nitrogen and oxygen atoms in total. The minimum absolute atomic E-state index is 0.413. The molecule has 1 atom stereocenters. The molecule has 0 saturated carbocycles. The molecule has 0 amide bonds. The van der Waals surface area contributed by atoms with Gasteiger partial charge in [0.1, 0.15) is 5.75 Å². The Morgan fingerprint density at radius 2 is 2.28 bits per heavy atom. The summed E-state index contributed by atoms with van der Waals surface area (Å²) in [7, 11) is 1.68. The zero-order chi connectivity index (χ0) is 13.1. The van der Waals surface area contributed by atoms with Crippen molar-refractivity contribution in [2.45, 2.75) is 19.9 Å². The van der Waals surface area contributed by atoms with Crippen LogP contribution in [0.2, 0.25) is 0 Å². The number of nitrogens with zero attached hydrogens (tertiary/aromatic N) is 1. The highest BCUT2D eigenvalue weighted by molar-refractivity contribution is 9.10. The fourth-order valence-electron chi connectivity index (χ4n) is 1.69. The summed E-state index contributed by atoms with van der Waals surface area (Å²) < 4.78 is 6.36. The number of amidine groups is 1. The number of rotatable bonds is 3. The van der Waals surface area contributed by atoms with Crippen LogP contribution in [0.1, 0.15) is 13.8 Å². The molecule has 0 bridgehead atoms. The number of halogens is 1. The van der Waals surface area contributed by atoms with Gasteiger partial charge >= 0.3 is 0 Å². The van der Waals surface area contributed by atoms with Gasteiger partial charge in [-0.2, -0.15) is 0 Å². The molecule has 2 rings (SSSR count). The van der Waals surface area contributed by atoms with E-state index in [-0.39, 0.29) is 0 Å². The number of anilines is 1. The average Bonchev–Trinajstić information content (AvgIpc) is 2.78. The first-order valence-corrected chi connectivity index (χ1v) is 7.69. The highest BCUT2D eigenvalue weighted by atomic mass is 79.9. The Kier molecular flexibility index (Phi) is 4.56. The van der Waals surface area contributed by atoms with Crippen molar-refractivity contribution in [3.05, 3.63) is 22.7 Å². The Morgan fingerprint density at radius 3 is 2.89 bits per heavy atom. The molecule has 1 aromatic rings. The molecule has 1 aromatic carbocycles. The summed E-state index contributed by atoms with van der Waals surface area (Å²) in [5.41, 5.74) is 0.947. The molecule has 0 saturated heterocycles. The summed E-state index contributed by atoms with van der Waals surface area (Å²) in [5, 5.41) is 4.32. The monoisotopic (exact) mass is 328 g/mol. The maximum atomic E-state index is 5.34. The summed E-state index contributed by atoms with van der Waals surface area (Å²) in [6.07, 6.45) is 0. The summed E-state index contributed by atoms with van der Waals surface area (Å²) in [5.74, 6) is 2.46. The number of ether oxygens (including phenoxy) is 1. The second kappa shape index (κ2) is 5.97. The first-order chi connectivity index (χ1) is 8.60. The van der Waals surface area contributed by atoms with E-state index in [1.54, 1.807) is 18.9 Å². The normalized spacial score (nSPS) is 18.9. The first-order valence-electron chi connectivity index (χ1n) is 5.91. The van der Waals surface area contributed by atoms with Crippen LogP contribution in [-0.4, -0.2) is 24.1 Å². The second-order valence-corrected chi connectivity index (χ2v) is 6.45. The van der Waals surface area contributed by atoms with Crippen molar-refractivity contribution in [2.75, 3.05) is 18.2 Å². The molecule has 1 unspecified atom stereocenters. The Morgan fingerprint density at radius 1 is 1.50 bits per heavy atom. The van der Waals surface area contributed by atoms with Gasteiger partial charge in [0, 0.05) is 10.2 Å². The van der Waals surface area contributed by atoms with Gasteiger partial charge in [0.25, 0.3) is 0 Å². The predicted octanol–water partition coefficient (Wildman–Crippen LogP) is 4.00. The Balaban J connectivity index is 2.15.